The normalized spacial score (nSPS) is 15.4. The van der Waals surface area contributed by atoms with Crippen LogP contribution in [0.25, 0.3) is 21.6 Å². The van der Waals surface area contributed by atoms with Gasteiger partial charge in [0.05, 0.1) is 30.3 Å². The molecule has 1 aromatic carbocycles. The van der Waals surface area contributed by atoms with Crippen molar-refractivity contribution in [2.24, 2.45) is 0 Å². The number of hydrogen-bond acceptors (Lipinski definition) is 7. The highest BCUT2D eigenvalue weighted by Gasteiger charge is 2.19. The highest BCUT2D eigenvalue weighted by molar-refractivity contribution is 7.17. The average Bonchev–Trinajstić information content (AvgIpc) is 3.20. The van der Waals surface area contributed by atoms with Crippen molar-refractivity contribution in [3.05, 3.63) is 40.0 Å². The molecule has 0 aliphatic carbocycles. The number of aromatic amines is 1. The molecule has 0 atom stereocenters. The van der Waals surface area contributed by atoms with E-state index in [9.17, 15) is 14.7 Å². The summed E-state index contributed by atoms with van der Waals surface area (Å²) in [7, 11) is 0. The van der Waals surface area contributed by atoms with E-state index < -0.39 is 0 Å². The molecule has 158 valence electrons. The zero-order valence-corrected chi connectivity index (χ0v) is 17.5. The van der Waals surface area contributed by atoms with Crippen LogP contribution in [0.15, 0.2) is 34.4 Å². The Morgan fingerprint density at radius 2 is 2.17 bits per heavy atom. The fraction of sp³-hybridized carbons (Fsp3) is 0.381. The van der Waals surface area contributed by atoms with Crippen LogP contribution in [0.5, 0.6) is 5.75 Å². The number of nitrogens with one attached hydrogen (secondary N) is 2. The van der Waals surface area contributed by atoms with Crippen LogP contribution in [0.4, 0.5) is 5.69 Å². The Morgan fingerprint density at radius 3 is 2.93 bits per heavy atom. The average molecular weight is 429 g/mol. The Morgan fingerprint density at radius 1 is 1.37 bits per heavy atom. The third-order valence-corrected chi connectivity index (χ3v) is 5.96. The van der Waals surface area contributed by atoms with Gasteiger partial charge in [0.2, 0.25) is 5.91 Å². The number of aliphatic hydroxyl groups is 1. The summed E-state index contributed by atoms with van der Waals surface area (Å²) >= 11 is 1.35. The van der Waals surface area contributed by atoms with E-state index in [0.717, 1.165) is 0 Å². The van der Waals surface area contributed by atoms with Crippen molar-refractivity contribution in [2.75, 3.05) is 31.6 Å². The number of carbonyl (C=O) groups is 1. The molecule has 30 heavy (non-hydrogen) atoms. The summed E-state index contributed by atoms with van der Waals surface area (Å²) in [6, 6.07) is 7.11. The predicted octanol–water partition coefficient (Wildman–Crippen LogP) is 2.45. The lowest BCUT2D eigenvalue weighted by Gasteiger charge is -2.28. The first kappa shape index (κ1) is 20.5. The first-order valence-corrected chi connectivity index (χ1v) is 10.9. The number of rotatable bonds is 6. The number of hydrogen-bond donors (Lipinski definition) is 3. The van der Waals surface area contributed by atoms with Crippen molar-refractivity contribution in [1.82, 2.24) is 14.9 Å². The minimum atomic E-state index is -0.270. The Balaban J connectivity index is 1.58. The standard InChI is InChI=1S/C21H24N4O4S/c1-2-29-17-4-3-13(22-18(27)12-25-8-5-14(26)6-9-25)11-15(17)20-23-16-7-10-30-19(16)21(28)24-20/h3-4,7,10-11,14,26H,2,5-6,8-9,12H2,1H3,(H,22,27)(H,23,24,28). The summed E-state index contributed by atoms with van der Waals surface area (Å²) in [4.78, 5) is 34.3. The molecule has 0 unspecified atom stereocenters. The van der Waals surface area contributed by atoms with Gasteiger partial charge in [-0.1, -0.05) is 0 Å². The van der Waals surface area contributed by atoms with E-state index in [1.807, 2.05) is 17.2 Å². The van der Waals surface area contributed by atoms with Gasteiger partial charge in [0.1, 0.15) is 16.3 Å². The molecule has 9 heteroatoms. The molecule has 0 spiro atoms. The van der Waals surface area contributed by atoms with Crippen molar-refractivity contribution in [2.45, 2.75) is 25.9 Å². The molecule has 0 bridgehead atoms. The first-order chi connectivity index (χ1) is 14.5. The predicted molar refractivity (Wildman–Crippen MR) is 117 cm³/mol. The number of aliphatic hydroxyl groups excluding tert-OH is 1. The topological polar surface area (TPSA) is 108 Å². The maximum atomic E-state index is 12.5. The van der Waals surface area contributed by atoms with Gasteiger partial charge >= 0.3 is 0 Å². The van der Waals surface area contributed by atoms with Crippen molar-refractivity contribution in [3.63, 3.8) is 0 Å². The minimum absolute atomic E-state index is 0.128. The Labute approximate surface area is 177 Å². The fourth-order valence-electron chi connectivity index (χ4n) is 3.56. The van der Waals surface area contributed by atoms with Crippen LogP contribution in [-0.4, -0.2) is 58.2 Å². The smallest absolute Gasteiger partial charge is 0.269 e. The molecule has 4 rings (SSSR count). The number of H-pyrrole nitrogens is 1. The molecule has 3 heterocycles. The number of ether oxygens (including phenoxy) is 1. The molecule has 1 fully saturated rings. The van der Waals surface area contributed by atoms with Crippen LogP contribution in [0, 0.1) is 0 Å². The summed E-state index contributed by atoms with van der Waals surface area (Å²) < 4.78 is 6.29. The second kappa shape index (κ2) is 8.95. The zero-order valence-electron chi connectivity index (χ0n) is 16.7. The molecule has 1 aliphatic heterocycles. The van der Waals surface area contributed by atoms with Crippen molar-refractivity contribution >= 4 is 33.1 Å². The highest BCUT2D eigenvalue weighted by Crippen LogP contribution is 2.31. The van der Waals surface area contributed by atoms with Gasteiger partial charge in [-0.3, -0.25) is 14.5 Å². The van der Waals surface area contributed by atoms with Gasteiger partial charge in [-0.25, -0.2) is 4.98 Å². The fourth-order valence-corrected chi connectivity index (χ4v) is 4.28. The lowest BCUT2D eigenvalue weighted by Crippen LogP contribution is -2.40. The van der Waals surface area contributed by atoms with E-state index in [4.69, 9.17) is 4.74 Å². The molecular weight excluding hydrogens is 404 g/mol. The largest absolute Gasteiger partial charge is 0.493 e. The van der Waals surface area contributed by atoms with E-state index in [0.29, 0.717) is 65.6 Å². The summed E-state index contributed by atoms with van der Waals surface area (Å²) in [5, 5.41) is 14.3. The lowest BCUT2D eigenvalue weighted by molar-refractivity contribution is -0.117. The second-order valence-corrected chi connectivity index (χ2v) is 8.17. The van der Waals surface area contributed by atoms with Crippen LogP contribution < -0.4 is 15.6 Å². The van der Waals surface area contributed by atoms with E-state index in [2.05, 4.69) is 15.3 Å². The minimum Gasteiger partial charge on any atom is -0.493 e. The number of thiophene rings is 1. The molecule has 1 amide bonds. The third-order valence-electron chi connectivity index (χ3n) is 5.06. The van der Waals surface area contributed by atoms with Gasteiger partial charge in [0.15, 0.2) is 0 Å². The SMILES string of the molecule is CCOc1ccc(NC(=O)CN2CCC(O)CC2)cc1-c1nc2ccsc2c(=O)[nH]1. The van der Waals surface area contributed by atoms with Crippen LogP contribution in [0.1, 0.15) is 19.8 Å². The van der Waals surface area contributed by atoms with Crippen LogP contribution in [0.3, 0.4) is 0 Å². The van der Waals surface area contributed by atoms with Gasteiger partial charge in [-0.15, -0.1) is 11.3 Å². The highest BCUT2D eigenvalue weighted by atomic mass is 32.1. The molecule has 8 nitrogen and oxygen atoms in total. The molecule has 1 aliphatic rings. The van der Waals surface area contributed by atoms with Crippen LogP contribution >= 0.6 is 11.3 Å². The molecular formula is C21H24N4O4S. The Hall–Kier alpha value is -2.75. The maximum absolute atomic E-state index is 12.5. The first-order valence-electron chi connectivity index (χ1n) is 9.98. The van der Waals surface area contributed by atoms with Crippen LogP contribution in [-0.2, 0) is 4.79 Å². The number of benzene rings is 1. The molecule has 1 saturated heterocycles. The van der Waals surface area contributed by atoms with Gasteiger partial charge < -0.3 is 20.1 Å². The Kier molecular flexibility index (Phi) is 6.12. The summed E-state index contributed by atoms with van der Waals surface area (Å²) in [5.74, 6) is 0.852. The monoisotopic (exact) mass is 428 g/mol. The maximum Gasteiger partial charge on any atom is 0.269 e. The number of amides is 1. The van der Waals surface area contributed by atoms with E-state index in [-0.39, 0.29) is 24.1 Å². The van der Waals surface area contributed by atoms with Gasteiger partial charge in [0.25, 0.3) is 5.56 Å². The van der Waals surface area contributed by atoms with E-state index in [1.165, 1.54) is 11.3 Å². The lowest BCUT2D eigenvalue weighted by atomic mass is 10.1. The van der Waals surface area contributed by atoms with E-state index >= 15 is 0 Å². The number of nitrogens with zero attached hydrogens (tertiary/aromatic N) is 2. The molecule has 0 saturated carbocycles. The van der Waals surface area contributed by atoms with Crippen molar-refractivity contribution < 1.29 is 14.6 Å². The molecule has 2 aromatic heterocycles. The van der Waals surface area contributed by atoms with Crippen molar-refractivity contribution in [3.8, 4) is 17.1 Å². The molecule has 0 radical (unpaired) electrons. The van der Waals surface area contributed by atoms with Crippen molar-refractivity contribution in [1.29, 1.82) is 0 Å². The van der Waals surface area contributed by atoms with Gasteiger partial charge in [-0.05, 0) is 49.4 Å². The van der Waals surface area contributed by atoms with Gasteiger partial charge in [0, 0.05) is 18.8 Å². The number of likely N-dealkylation sites (tertiary alicyclic amines) is 1. The summed E-state index contributed by atoms with van der Waals surface area (Å²) in [6.07, 6.45) is 1.10. The number of aromatic nitrogens is 2. The summed E-state index contributed by atoms with van der Waals surface area (Å²) in [6.45, 7) is 4.02. The van der Waals surface area contributed by atoms with E-state index in [1.54, 1.807) is 24.3 Å². The molecule has 3 N–H and O–H groups in total. The van der Waals surface area contributed by atoms with Crippen LogP contribution in [0.2, 0.25) is 0 Å². The number of anilines is 1. The number of carbonyl (C=O) groups excluding carboxylic acids is 1. The Bertz CT molecular complexity index is 1100. The third kappa shape index (κ3) is 4.53. The number of fused-ring (bicyclic) bond motifs is 1. The zero-order chi connectivity index (χ0) is 21.1. The second-order valence-electron chi connectivity index (χ2n) is 7.25. The molecule has 3 aromatic rings. The summed E-state index contributed by atoms with van der Waals surface area (Å²) in [5.41, 5.74) is 1.64. The quantitative estimate of drug-likeness (QED) is 0.557. The number of piperidine rings is 1. The van der Waals surface area contributed by atoms with Gasteiger partial charge in [-0.2, -0.15) is 0 Å².